The van der Waals surface area contributed by atoms with Crippen LogP contribution in [0.3, 0.4) is 0 Å². The van der Waals surface area contributed by atoms with Crippen molar-refractivity contribution >= 4 is 23.4 Å². The summed E-state index contributed by atoms with van der Waals surface area (Å²) in [7, 11) is 0. The first-order chi connectivity index (χ1) is 19.9. The predicted molar refractivity (Wildman–Crippen MR) is 165 cm³/mol. The Morgan fingerprint density at radius 3 is 2.40 bits per heavy atom. The van der Waals surface area contributed by atoms with Gasteiger partial charge in [0, 0.05) is 30.4 Å². The molecule has 9 nitrogen and oxygen atoms in total. The van der Waals surface area contributed by atoms with E-state index in [1.807, 2.05) is 55.8 Å². The molecule has 0 spiro atoms. The van der Waals surface area contributed by atoms with E-state index in [1.165, 1.54) is 0 Å². The first-order valence-corrected chi connectivity index (χ1v) is 15.0. The number of halogens is 1. The number of hydrogen-bond acceptors (Lipinski definition) is 6. The van der Waals surface area contributed by atoms with Gasteiger partial charge in [-0.1, -0.05) is 35.9 Å². The Labute approximate surface area is 253 Å². The molecule has 42 heavy (non-hydrogen) atoms. The normalized spacial score (nSPS) is 14.4. The van der Waals surface area contributed by atoms with Crippen LogP contribution in [0.1, 0.15) is 62.8 Å². The molecule has 0 bridgehead atoms. The summed E-state index contributed by atoms with van der Waals surface area (Å²) in [6.07, 6.45) is 3.53. The maximum Gasteiger partial charge on any atom is 0.251 e. The quantitative estimate of drug-likeness (QED) is 0.270. The molecule has 1 aliphatic rings. The molecule has 10 heteroatoms. The molecule has 2 amide bonds. The lowest BCUT2D eigenvalue weighted by Gasteiger charge is -2.30. The first kappa shape index (κ1) is 31.5. The smallest absolute Gasteiger partial charge is 0.251 e. The van der Waals surface area contributed by atoms with Crippen molar-refractivity contribution in [3.63, 3.8) is 0 Å². The van der Waals surface area contributed by atoms with Crippen molar-refractivity contribution in [3.8, 4) is 17.0 Å². The van der Waals surface area contributed by atoms with Crippen molar-refractivity contribution in [2.75, 3.05) is 26.2 Å². The molecular weight excluding hydrogens is 554 g/mol. The minimum Gasteiger partial charge on any atom is -0.489 e. The number of nitrogens with zero attached hydrogens (tertiary/aromatic N) is 3. The maximum atomic E-state index is 13.2. The monoisotopic (exact) mass is 595 g/mol. The highest BCUT2D eigenvalue weighted by atomic mass is 35.5. The molecule has 0 aliphatic carbocycles. The number of likely N-dealkylation sites (tertiary alicyclic amines) is 1. The zero-order valence-electron chi connectivity index (χ0n) is 25.1. The van der Waals surface area contributed by atoms with Gasteiger partial charge in [0.25, 0.3) is 5.91 Å². The number of aromatic nitrogens is 2. The number of aliphatic hydroxyl groups is 1. The van der Waals surface area contributed by atoms with Crippen molar-refractivity contribution in [2.45, 2.75) is 71.8 Å². The van der Waals surface area contributed by atoms with Gasteiger partial charge in [-0.15, -0.1) is 0 Å². The Bertz CT molecular complexity index is 1380. The average Bonchev–Trinajstić information content (AvgIpc) is 3.36. The number of aryl methyl sites for hydroxylation is 1. The van der Waals surface area contributed by atoms with Gasteiger partial charge in [0.05, 0.1) is 29.4 Å². The molecule has 1 atom stereocenters. The third-order valence-corrected chi connectivity index (χ3v) is 7.45. The number of benzene rings is 2. The Hall–Kier alpha value is -3.40. The van der Waals surface area contributed by atoms with Crippen LogP contribution in [0.5, 0.6) is 5.75 Å². The molecule has 1 fully saturated rings. The maximum absolute atomic E-state index is 13.2. The fourth-order valence-electron chi connectivity index (χ4n) is 4.85. The minimum absolute atomic E-state index is 0.0382. The van der Waals surface area contributed by atoms with Crippen LogP contribution in [0.4, 0.5) is 0 Å². The van der Waals surface area contributed by atoms with E-state index in [2.05, 4.69) is 20.5 Å². The van der Waals surface area contributed by atoms with Gasteiger partial charge in [0.15, 0.2) is 0 Å². The molecule has 2 heterocycles. The Morgan fingerprint density at radius 1 is 1.14 bits per heavy atom. The second kappa shape index (κ2) is 13.7. The Balaban J connectivity index is 1.48. The van der Waals surface area contributed by atoms with E-state index < -0.39 is 5.60 Å². The standard InChI is InChI=1S/C32H42ClN5O4/c1-6-38-19-27(36-31(38)32(4,5)41)23-10-8-22(9-11-23)16-25(18-34-29(39)20-37-14-7-15-37)35-30(40)24-12-13-28(26(33)17-24)42-21(2)3/h8-13,17,19,21,25,41H,6-7,14-16,18,20H2,1-5H3,(H,34,39)(H,35,40)/t25-/m0/s1. The average molecular weight is 596 g/mol. The minimum atomic E-state index is -1.05. The van der Waals surface area contributed by atoms with Crippen LogP contribution in [0.2, 0.25) is 5.02 Å². The van der Waals surface area contributed by atoms with E-state index in [-0.39, 0.29) is 30.5 Å². The molecule has 3 N–H and O–H groups in total. The highest BCUT2D eigenvalue weighted by molar-refractivity contribution is 6.32. The molecule has 4 rings (SSSR count). The third-order valence-electron chi connectivity index (χ3n) is 7.15. The molecule has 2 aromatic carbocycles. The number of rotatable bonds is 13. The van der Waals surface area contributed by atoms with Crippen molar-refractivity contribution in [2.24, 2.45) is 0 Å². The summed E-state index contributed by atoms with van der Waals surface area (Å²) >= 11 is 6.38. The summed E-state index contributed by atoms with van der Waals surface area (Å²) in [6.45, 7) is 12.5. The molecule has 1 aliphatic heterocycles. The number of hydrogen-bond donors (Lipinski definition) is 3. The number of ether oxygens (including phenoxy) is 1. The lowest BCUT2D eigenvalue weighted by Crippen LogP contribution is -2.49. The molecule has 226 valence electrons. The lowest BCUT2D eigenvalue weighted by atomic mass is 10.0. The van der Waals surface area contributed by atoms with E-state index in [4.69, 9.17) is 16.3 Å². The fourth-order valence-corrected chi connectivity index (χ4v) is 5.08. The van der Waals surface area contributed by atoms with Gasteiger partial charge >= 0.3 is 0 Å². The van der Waals surface area contributed by atoms with Crippen molar-refractivity contribution < 1.29 is 19.4 Å². The van der Waals surface area contributed by atoms with E-state index in [9.17, 15) is 14.7 Å². The van der Waals surface area contributed by atoms with Crippen LogP contribution < -0.4 is 15.4 Å². The molecule has 0 radical (unpaired) electrons. The van der Waals surface area contributed by atoms with Gasteiger partial charge in [-0.2, -0.15) is 0 Å². The summed E-state index contributed by atoms with van der Waals surface area (Å²) in [6, 6.07) is 12.6. The van der Waals surface area contributed by atoms with Crippen LogP contribution in [0.15, 0.2) is 48.7 Å². The van der Waals surface area contributed by atoms with Crippen molar-refractivity contribution in [3.05, 3.63) is 70.6 Å². The topological polar surface area (TPSA) is 109 Å². The number of imidazole rings is 1. The molecule has 1 saturated heterocycles. The molecule has 0 unspecified atom stereocenters. The van der Waals surface area contributed by atoms with Gasteiger partial charge < -0.3 is 25.0 Å². The fraction of sp³-hybridized carbons (Fsp3) is 0.469. The number of carbonyl (C=O) groups is 2. The Kier molecular flexibility index (Phi) is 10.3. The highest BCUT2D eigenvalue weighted by Gasteiger charge is 2.24. The summed E-state index contributed by atoms with van der Waals surface area (Å²) in [5, 5.41) is 16.9. The van der Waals surface area contributed by atoms with Crippen LogP contribution in [-0.2, 0) is 23.4 Å². The van der Waals surface area contributed by atoms with E-state index in [0.717, 1.165) is 36.3 Å². The second-order valence-electron chi connectivity index (χ2n) is 11.6. The van der Waals surface area contributed by atoms with Gasteiger partial charge in [-0.3, -0.25) is 14.5 Å². The molecular formula is C32H42ClN5O4. The van der Waals surface area contributed by atoms with Crippen molar-refractivity contribution in [1.82, 2.24) is 25.1 Å². The summed E-state index contributed by atoms with van der Waals surface area (Å²) < 4.78 is 7.64. The summed E-state index contributed by atoms with van der Waals surface area (Å²) in [5.74, 6) is 0.800. The molecule has 0 saturated carbocycles. The van der Waals surface area contributed by atoms with Crippen LogP contribution >= 0.6 is 11.6 Å². The van der Waals surface area contributed by atoms with E-state index in [0.29, 0.717) is 41.7 Å². The lowest BCUT2D eigenvalue weighted by molar-refractivity contribution is -0.123. The van der Waals surface area contributed by atoms with E-state index >= 15 is 0 Å². The number of nitrogens with one attached hydrogen (secondary N) is 2. The number of amides is 2. The van der Waals surface area contributed by atoms with Crippen LogP contribution in [0, 0.1) is 0 Å². The number of carbonyl (C=O) groups excluding carboxylic acids is 2. The highest BCUT2D eigenvalue weighted by Crippen LogP contribution is 2.27. The summed E-state index contributed by atoms with van der Waals surface area (Å²) in [4.78, 5) is 32.5. The first-order valence-electron chi connectivity index (χ1n) is 14.6. The summed E-state index contributed by atoms with van der Waals surface area (Å²) in [5.41, 5.74) is 2.07. The van der Waals surface area contributed by atoms with Gasteiger partial charge in [-0.05, 0) is 84.3 Å². The predicted octanol–water partition coefficient (Wildman–Crippen LogP) is 4.40. The second-order valence-corrected chi connectivity index (χ2v) is 12.0. The van der Waals surface area contributed by atoms with Gasteiger partial charge in [-0.25, -0.2) is 4.98 Å². The van der Waals surface area contributed by atoms with Crippen molar-refractivity contribution in [1.29, 1.82) is 0 Å². The molecule has 1 aromatic heterocycles. The SMILES string of the molecule is CCn1cc(-c2ccc(C[C@@H](CNC(=O)CN3CCC3)NC(=O)c3ccc(OC(C)C)c(Cl)c3)cc2)nc1C(C)(C)O. The zero-order chi connectivity index (χ0) is 30.4. The van der Waals surface area contributed by atoms with Crippen LogP contribution in [0.25, 0.3) is 11.3 Å². The third kappa shape index (κ3) is 8.33. The molecule has 3 aromatic rings. The van der Waals surface area contributed by atoms with Gasteiger partial charge in [0.1, 0.15) is 17.2 Å². The van der Waals surface area contributed by atoms with Gasteiger partial charge in [0.2, 0.25) is 5.91 Å². The largest absolute Gasteiger partial charge is 0.489 e. The Morgan fingerprint density at radius 2 is 1.86 bits per heavy atom. The van der Waals surface area contributed by atoms with Crippen LogP contribution in [-0.4, -0.2) is 69.7 Å². The zero-order valence-corrected chi connectivity index (χ0v) is 25.9. The van der Waals surface area contributed by atoms with E-state index in [1.54, 1.807) is 32.0 Å².